The number of fused-ring (bicyclic) bond motifs is 5. The molecule has 10 aromatic rings. The van der Waals surface area contributed by atoms with Gasteiger partial charge >= 0.3 is 0 Å². The number of hydrogen-bond acceptors (Lipinski definition) is 3. The second-order valence-corrected chi connectivity index (χ2v) is 37.9. The maximum atomic E-state index is 11.8. The summed E-state index contributed by atoms with van der Waals surface area (Å²) in [5, 5.41) is 7.75. The van der Waals surface area contributed by atoms with Crippen molar-refractivity contribution in [2.75, 3.05) is 0 Å². The Balaban J connectivity index is 0.000000124. The zero-order chi connectivity index (χ0) is 57.5. The predicted molar refractivity (Wildman–Crippen MR) is 360 cm³/mol. The Morgan fingerprint density at radius 2 is 0.671 bits per heavy atom. The standard InChI is InChI=1S/2C17H20OSi.C14H14Si.C14H16Si.C13H10O/c2*1-3-19(4-2)16-13-9-8-12-15(16)17(18-19)14-10-6-5-7-11-14;1-15(2)13-9-5-3-7-11(13)12-8-4-6-10-14(12)15;1-15(2)14-11-7-6-10-13(14)12-8-4-3-5-9-12;14-13(11-7-3-1-4-8-11)12-9-5-2-6-10-12/h2*5-13,17H,3-4H2,1-2H3;3-10H,1-2H3;3-11,15H,1-2H3;1-10H. The third-order valence-corrected chi connectivity index (χ3v) is 31.0. The van der Waals surface area contributed by atoms with Crippen molar-refractivity contribution in [3.8, 4) is 22.3 Å². The lowest BCUT2D eigenvalue weighted by molar-refractivity contribution is 0.103. The summed E-state index contributed by atoms with van der Waals surface area (Å²) in [5.74, 6) is 0.0752. The molecule has 0 N–H and O–H groups in total. The summed E-state index contributed by atoms with van der Waals surface area (Å²) in [6.45, 7) is 18.7. The SMILES string of the molecule is CC[Si]1(CC)OC(c2ccccc2)c2ccccc21.CC[Si]1(CC)OC(c2ccccc2)c2ccccc21.C[SiH](C)c1ccccc1-c1ccccc1.C[Si]1(C)c2ccccc2-c2ccccc21.O=C(c1ccccc1)c1ccccc1. The molecule has 3 aliphatic heterocycles. The van der Waals surface area contributed by atoms with E-state index in [0.717, 1.165) is 35.3 Å². The van der Waals surface area contributed by atoms with Gasteiger partial charge in [-0.15, -0.1) is 0 Å². The molecule has 0 aromatic heterocycles. The second-order valence-electron chi connectivity index (χ2n) is 22.3. The molecule has 82 heavy (non-hydrogen) atoms. The average Bonchev–Trinajstić information content (AvgIpc) is 3.03. The van der Waals surface area contributed by atoms with Gasteiger partial charge in [0.25, 0.3) is 0 Å². The number of benzene rings is 10. The van der Waals surface area contributed by atoms with Crippen molar-refractivity contribution in [2.24, 2.45) is 0 Å². The van der Waals surface area contributed by atoms with E-state index in [1.807, 2.05) is 60.7 Å². The number of hydrogen-bond donors (Lipinski definition) is 0. The molecule has 0 aliphatic carbocycles. The highest BCUT2D eigenvalue weighted by Gasteiger charge is 2.46. The van der Waals surface area contributed by atoms with E-state index in [1.165, 1.54) is 54.9 Å². The molecule has 3 heterocycles. The normalized spacial score (nSPS) is 15.9. The first-order valence-electron chi connectivity index (χ1n) is 29.6. The van der Waals surface area contributed by atoms with E-state index >= 15 is 0 Å². The smallest absolute Gasteiger partial charge is 0.225 e. The molecule has 0 bridgehead atoms. The molecule has 0 spiro atoms. The molecule has 13 rings (SSSR count). The molecule has 3 nitrogen and oxygen atoms in total. The van der Waals surface area contributed by atoms with Crippen LogP contribution in [0, 0.1) is 0 Å². The van der Waals surface area contributed by atoms with Crippen molar-refractivity contribution in [3.63, 3.8) is 0 Å². The minimum absolute atomic E-state index is 0.0752. The van der Waals surface area contributed by atoms with Crippen LogP contribution < -0.4 is 25.9 Å². The molecular formula is C75H80O3Si4. The van der Waals surface area contributed by atoms with Gasteiger partial charge in [-0.1, -0.05) is 332 Å². The van der Waals surface area contributed by atoms with Crippen LogP contribution in [0.25, 0.3) is 22.3 Å². The molecule has 3 aliphatic rings. The summed E-state index contributed by atoms with van der Waals surface area (Å²) < 4.78 is 13.3. The van der Waals surface area contributed by atoms with Gasteiger partial charge in [0.05, 0.1) is 21.0 Å². The summed E-state index contributed by atoms with van der Waals surface area (Å²) in [7, 11) is -5.61. The van der Waals surface area contributed by atoms with Gasteiger partial charge in [-0.25, -0.2) is 0 Å². The minimum atomic E-state index is -1.75. The molecule has 2 atom stereocenters. The summed E-state index contributed by atoms with van der Waals surface area (Å²) in [5.41, 5.74) is 12.5. The quantitative estimate of drug-likeness (QED) is 0.101. The van der Waals surface area contributed by atoms with Crippen LogP contribution >= 0.6 is 0 Å². The van der Waals surface area contributed by atoms with E-state index in [0.29, 0.717) is 0 Å². The van der Waals surface area contributed by atoms with Gasteiger partial charge in [-0.2, -0.15) is 0 Å². The molecule has 0 fully saturated rings. The van der Waals surface area contributed by atoms with Gasteiger partial charge in [-0.05, 0) is 89.4 Å². The van der Waals surface area contributed by atoms with Gasteiger partial charge in [0.15, 0.2) is 5.78 Å². The van der Waals surface area contributed by atoms with Crippen LogP contribution in [0.15, 0.2) is 273 Å². The zero-order valence-corrected chi connectivity index (χ0v) is 53.4. The Kier molecular flexibility index (Phi) is 20.0. The molecule has 0 saturated heterocycles. The first-order chi connectivity index (χ1) is 40.0. The van der Waals surface area contributed by atoms with Gasteiger partial charge in [-0.3, -0.25) is 4.79 Å². The van der Waals surface area contributed by atoms with Crippen LogP contribution in [0.4, 0.5) is 0 Å². The highest BCUT2D eigenvalue weighted by molar-refractivity contribution is 7.03. The Hall–Kier alpha value is -7.34. The Morgan fingerprint density at radius 1 is 0.366 bits per heavy atom. The van der Waals surface area contributed by atoms with Crippen molar-refractivity contribution in [1.29, 1.82) is 0 Å². The van der Waals surface area contributed by atoms with Crippen molar-refractivity contribution < 1.29 is 13.6 Å². The number of carbonyl (C=O) groups is 1. The van der Waals surface area contributed by atoms with Gasteiger partial charge in [0, 0.05) is 11.1 Å². The first-order valence-corrected chi connectivity index (χ1v) is 40.1. The van der Waals surface area contributed by atoms with Crippen LogP contribution in [-0.2, 0) is 8.85 Å². The lowest BCUT2D eigenvalue weighted by Gasteiger charge is -2.25. The fourth-order valence-corrected chi connectivity index (χ4v) is 23.9. The molecule has 414 valence electrons. The van der Waals surface area contributed by atoms with E-state index in [2.05, 4.69) is 266 Å². The summed E-state index contributed by atoms with van der Waals surface area (Å²) in [6, 6.07) is 99.3. The first kappa shape index (κ1) is 59.3. The molecule has 10 aromatic carbocycles. The zero-order valence-electron chi connectivity index (χ0n) is 49.3. The van der Waals surface area contributed by atoms with Crippen LogP contribution in [0.3, 0.4) is 0 Å². The van der Waals surface area contributed by atoms with E-state index in [4.69, 9.17) is 8.85 Å². The monoisotopic (exact) mass is 1140 g/mol. The molecule has 7 heteroatoms. The summed E-state index contributed by atoms with van der Waals surface area (Å²) >= 11 is 0. The van der Waals surface area contributed by atoms with E-state index in [9.17, 15) is 4.79 Å². The maximum absolute atomic E-state index is 11.8. The second kappa shape index (κ2) is 27.6. The fourth-order valence-electron chi connectivity index (χ4n) is 12.2. The minimum Gasteiger partial charge on any atom is -0.401 e. The van der Waals surface area contributed by atoms with Gasteiger partial charge in [0.2, 0.25) is 16.6 Å². The van der Waals surface area contributed by atoms with Crippen LogP contribution in [0.5, 0.6) is 0 Å². The Morgan fingerprint density at radius 3 is 1.05 bits per heavy atom. The molecular weight excluding hydrogens is 1060 g/mol. The van der Waals surface area contributed by atoms with Crippen LogP contribution in [0.1, 0.15) is 78.1 Å². The van der Waals surface area contributed by atoms with Crippen LogP contribution in [0.2, 0.25) is 50.4 Å². The van der Waals surface area contributed by atoms with Crippen molar-refractivity contribution >= 4 is 65.2 Å². The molecule has 0 saturated carbocycles. The maximum Gasteiger partial charge on any atom is 0.225 e. The number of carbonyl (C=O) groups excluding carboxylic acids is 1. The van der Waals surface area contributed by atoms with Crippen molar-refractivity contribution in [3.05, 3.63) is 306 Å². The molecule has 0 radical (unpaired) electrons. The molecule has 0 amide bonds. The van der Waals surface area contributed by atoms with Crippen LogP contribution in [-0.4, -0.2) is 39.3 Å². The Labute approximate surface area is 494 Å². The van der Waals surface area contributed by atoms with E-state index in [1.54, 1.807) is 15.6 Å². The lowest BCUT2D eigenvalue weighted by Crippen LogP contribution is -2.49. The summed E-state index contributed by atoms with van der Waals surface area (Å²) in [4.78, 5) is 11.8. The summed E-state index contributed by atoms with van der Waals surface area (Å²) in [6.07, 6.45) is 0.285. The Bertz CT molecular complexity index is 3420. The predicted octanol–water partition coefficient (Wildman–Crippen LogP) is 16.5. The van der Waals surface area contributed by atoms with E-state index in [-0.39, 0.29) is 18.0 Å². The van der Waals surface area contributed by atoms with Gasteiger partial charge in [0.1, 0.15) is 8.07 Å². The highest BCUT2D eigenvalue weighted by Crippen LogP contribution is 2.40. The third-order valence-electron chi connectivity index (χ3n) is 16.9. The highest BCUT2D eigenvalue weighted by atomic mass is 28.4. The third kappa shape index (κ3) is 13.0. The van der Waals surface area contributed by atoms with Gasteiger partial charge < -0.3 is 8.85 Å². The average molecular weight is 1140 g/mol. The number of rotatable bonds is 10. The molecule has 2 unspecified atom stereocenters. The fraction of sp³-hybridized carbons (Fsp3) is 0.187. The van der Waals surface area contributed by atoms with E-state index < -0.39 is 33.5 Å². The topological polar surface area (TPSA) is 35.5 Å². The largest absolute Gasteiger partial charge is 0.401 e. The van der Waals surface area contributed by atoms with Crippen molar-refractivity contribution in [2.45, 2.75) is 90.3 Å². The lowest BCUT2D eigenvalue weighted by atomic mass is 10.0. The van der Waals surface area contributed by atoms with Crippen molar-refractivity contribution in [1.82, 2.24) is 0 Å². The number of ketones is 1.